The van der Waals surface area contributed by atoms with Gasteiger partial charge in [-0.25, -0.2) is 4.79 Å². The Morgan fingerprint density at radius 1 is 1.00 bits per heavy atom. The summed E-state index contributed by atoms with van der Waals surface area (Å²) in [5.74, 6) is -1.17. The van der Waals surface area contributed by atoms with Gasteiger partial charge in [-0.2, -0.15) is 0 Å². The van der Waals surface area contributed by atoms with Crippen molar-refractivity contribution in [3.05, 3.63) is 86.8 Å². The first-order valence-electron chi connectivity index (χ1n) is 10.6. The van der Waals surface area contributed by atoms with Gasteiger partial charge in [-0.15, -0.1) is 11.3 Å². The molecule has 2 N–H and O–H groups in total. The largest absolute Gasteiger partial charge is 0.462 e. The fourth-order valence-electron chi connectivity index (χ4n) is 3.27. The summed E-state index contributed by atoms with van der Waals surface area (Å²) in [7, 11) is 0. The monoisotopic (exact) mass is 484 g/mol. The van der Waals surface area contributed by atoms with Gasteiger partial charge in [-0.1, -0.05) is 54.1 Å². The van der Waals surface area contributed by atoms with Gasteiger partial charge >= 0.3 is 5.97 Å². The summed E-state index contributed by atoms with van der Waals surface area (Å²) in [4.78, 5) is 38.4. The van der Waals surface area contributed by atoms with Crippen LogP contribution in [0.2, 0.25) is 5.02 Å². The summed E-state index contributed by atoms with van der Waals surface area (Å²) in [5, 5.41) is 6.56. The lowest BCUT2D eigenvalue weighted by Gasteiger charge is -2.07. The Morgan fingerprint density at radius 2 is 1.70 bits per heavy atom. The van der Waals surface area contributed by atoms with Gasteiger partial charge in [0.15, 0.2) is 0 Å². The van der Waals surface area contributed by atoms with E-state index in [4.69, 9.17) is 16.3 Å². The van der Waals surface area contributed by atoms with Gasteiger partial charge in [-0.05, 0) is 49.1 Å². The zero-order chi connectivity index (χ0) is 23.8. The number of amides is 2. The molecule has 0 saturated carbocycles. The third kappa shape index (κ3) is 6.66. The van der Waals surface area contributed by atoms with Crippen LogP contribution in [0.25, 0.3) is 0 Å². The van der Waals surface area contributed by atoms with Crippen LogP contribution in [0.5, 0.6) is 0 Å². The Bertz CT molecular complexity index is 1130. The smallest absolute Gasteiger partial charge is 0.341 e. The number of esters is 1. The number of thiophene rings is 1. The van der Waals surface area contributed by atoms with E-state index in [9.17, 15) is 14.4 Å². The number of nitrogens with one attached hydrogen (secondary N) is 2. The van der Waals surface area contributed by atoms with Crippen LogP contribution < -0.4 is 10.6 Å². The summed E-state index contributed by atoms with van der Waals surface area (Å²) in [5.41, 5.74) is 2.58. The third-order valence-corrected chi connectivity index (χ3v) is 6.36. The first kappa shape index (κ1) is 24.5. The second kappa shape index (κ2) is 11.6. The molecule has 0 unspecified atom stereocenters. The average molecular weight is 485 g/mol. The van der Waals surface area contributed by atoms with Crippen LogP contribution in [0.4, 0.5) is 5.00 Å². The fourth-order valence-corrected chi connectivity index (χ4v) is 4.52. The molecular weight excluding hydrogens is 460 g/mol. The van der Waals surface area contributed by atoms with Crippen molar-refractivity contribution in [3.8, 4) is 0 Å². The van der Waals surface area contributed by atoms with Crippen molar-refractivity contribution >= 4 is 45.7 Å². The predicted molar refractivity (Wildman–Crippen MR) is 131 cm³/mol. The lowest BCUT2D eigenvalue weighted by Crippen LogP contribution is -2.25. The minimum atomic E-state index is -0.573. The molecule has 0 spiro atoms. The molecule has 0 radical (unpaired) electrons. The molecule has 2 aromatic carbocycles. The quantitative estimate of drug-likeness (QED) is 0.417. The normalized spacial score (nSPS) is 10.5. The van der Waals surface area contributed by atoms with Crippen molar-refractivity contribution < 1.29 is 19.1 Å². The summed E-state index contributed by atoms with van der Waals surface area (Å²) < 4.78 is 5.16. The van der Waals surface area contributed by atoms with Crippen LogP contribution in [-0.4, -0.2) is 30.9 Å². The number of benzene rings is 2. The van der Waals surface area contributed by atoms with Crippen molar-refractivity contribution in [2.24, 2.45) is 0 Å². The van der Waals surface area contributed by atoms with Gasteiger partial charge in [0.25, 0.3) is 5.91 Å². The molecule has 0 aliphatic carbocycles. The van der Waals surface area contributed by atoms with Gasteiger partial charge in [0.2, 0.25) is 5.91 Å². The van der Waals surface area contributed by atoms with E-state index in [1.54, 1.807) is 38.1 Å². The van der Waals surface area contributed by atoms with Gasteiger partial charge in [0.1, 0.15) is 5.00 Å². The molecule has 1 heterocycles. The maximum atomic E-state index is 12.8. The average Bonchev–Trinajstić information content (AvgIpc) is 3.12. The van der Waals surface area contributed by atoms with E-state index >= 15 is 0 Å². The van der Waals surface area contributed by atoms with E-state index in [1.165, 1.54) is 0 Å². The van der Waals surface area contributed by atoms with Crippen LogP contribution in [0.3, 0.4) is 0 Å². The van der Waals surface area contributed by atoms with Crippen molar-refractivity contribution in [3.63, 3.8) is 0 Å². The van der Waals surface area contributed by atoms with E-state index in [2.05, 4.69) is 10.6 Å². The second-order valence-corrected chi connectivity index (χ2v) is 8.78. The molecule has 0 fully saturated rings. The minimum Gasteiger partial charge on any atom is -0.462 e. The van der Waals surface area contributed by atoms with E-state index in [0.29, 0.717) is 33.4 Å². The Hall–Kier alpha value is -3.16. The van der Waals surface area contributed by atoms with Gasteiger partial charge in [0.05, 0.1) is 23.5 Å². The number of ether oxygens (including phenoxy) is 1. The summed E-state index contributed by atoms with van der Waals surface area (Å²) in [6.07, 6.45) is 0.793. The molecule has 1 aromatic heterocycles. The maximum Gasteiger partial charge on any atom is 0.341 e. The van der Waals surface area contributed by atoms with Crippen LogP contribution >= 0.6 is 22.9 Å². The van der Waals surface area contributed by atoms with Gasteiger partial charge in [0, 0.05) is 11.6 Å². The number of halogens is 1. The highest BCUT2D eigenvalue weighted by molar-refractivity contribution is 7.18. The number of carbonyl (C=O) groups is 3. The summed E-state index contributed by atoms with van der Waals surface area (Å²) in [6, 6.07) is 16.8. The Kier molecular flexibility index (Phi) is 8.63. The second-order valence-electron chi connectivity index (χ2n) is 7.32. The lowest BCUT2D eigenvalue weighted by atomic mass is 10.1. The molecule has 2 amide bonds. The number of rotatable bonds is 9. The third-order valence-electron chi connectivity index (χ3n) is 4.91. The highest BCUT2D eigenvalue weighted by Gasteiger charge is 2.26. The fraction of sp³-hybridized carbons (Fsp3) is 0.240. The van der Waals surface area contributed by atoms with Crippen molar-refractivity contribution in [1.82, 2.24) is 5.32 Å². The first-order valence-corrected chi connectivity index (χ1v) is 11.8. The molecule has 0 aliphatic heterocycles. The van der Waals surface area contributed by atoms with E-state index < -0.39 is 5.97 Å². The number of carbonyl (C=O) groups excluding carboxylic acids is 3. The molecule has 6 nitrogen and oxygen atoms in total. The van der Waals surface area contributed by atoms with Crippen LogP contribution in [0.1, 0.15) is 43.6 Å². The zero-order valence-electron chi connectivity index (χ0n) is 18.4. The highest BCUT2D eigenvalue weighted by Crippen LogP contribution is 2.34. The molecule has 0 aliphatic rings. The Labute approximate surface area is 201 Å². The molecular formula is C25H25ClN2O4S. The number of anilines is 1. The summed E-state index contributed by atoms with van der Waals surface area (Å²) in [6.45, 7) is 4.03. The topological polar surface area (TPSA) is 84.5 Å². The number of hydrogen-bond donors (Lipinski definition) is 2. The molecule has 172 valence electrons. The molecule has 33 heavy (non-hydrogen) atoms. The molecule has 8 heteroatoms. The highest BCUT2D eigenvalue weighted by atomic mass is 35.5. The van der Waals surface area contributed by atoms with Crippen LogP contribution in [0, 0.1) is 6.92 Å². The molecule has 0 atom stereocenters. The van der Waals surface area contributed by atoms with Gasteiger partial charge in [-0.3, -0.25) is 9.59 Å². The first-order chi connectivity index (χ1) is 15.9. The lowest BCUT2D eigenvalue weighted by molar-refractivity contribution is -0.115. The standard InChI is InChI=1S/C25H25ClN2O4S/c1-3-32-25(31)21-16(2)22(23(30)27-14-13-17-7-5-4-6-8-17)33-24(21)28-20(29)15-18-9-11-19(26)12-10-18/h4-12H,3,13-15H2,1-2H3,(H,27,30)(H,28,29). The van der Waals surface area contributed by atoms with E-state index in [0.717, 1.165) is 22.5 Å². The van der Waals surface area contributed by atoms with Crippen LogP contribution in [0.15, 0.2) is 54.6 Å². The van der Waals surface area contributed by atoms with Gasteiger partial charge < -0.3 is 15.4 Å². The van der Waals surface area contributed by atoms with E-state index in [1.807, 2.05) is 30.3 Å². The van der Waals surface area contributed by atoms with Crippen molar-refractivity contribution in [2.75, 3.05) is 18.5 Å². The SMILES string of the molecule is CCOC(=O)c1c(NC(=O)Cc2ccc(Cl)cc2)sc(C(=O)NCCc2ccccc2)c1C. The summed E-state index contributed by atoms with van der Waals surface area (Å²) >= 11 is 6.97. The van der Waals surface area contributed by atoms with Crippen LogP contribution in [-0.2, 0) is 22.4 Å². The molecule has 0 bridgehead atoms. The maximum absolute atomic E-state index is 12.8. The Balaban J connectivity index is 1.75. The Morgan fingerprint density at radius 3 is 2.36 bits per heavy atom. The number of hydrogen-bond acceptors (Lipinski definition) is 5. The van der Waals surface area contributed by atoms with Crippen molar-refractivity contribution in [2.45, 2.75) is 26.7 Å². The zero-order valence-corrected chi connectivity index (χ0v) is 20.0. The predicted octanol–water partition coefficient (Wildman–Crippen LogP) is 5.04. The molecule has 3 aromatic rings. The molecule has 0 saturated heterocycles. The minimum absolute atomic E-state index is 0.106. The molecule has 3 rings (SSSR count). The van der Waals surface area contributed by atoms with Crippen molar-refractivity contribution in [1.29, 1.82) is 0 Å². The van der Waals surface area contributed by atoms with E-state index in [-0.39, 0.29) is 30.4 Å².